The molecule has 1 aromatic heterocycles. The van der Waals surface area contributed by atoms with Crippen LogP contribution >= 0.6 is 43.5 Å². The largest absolute Gasteiger partial charge is 0.368 e. The first-order valence-corrected chi connectivity index (χ1v) is 6.15. The van der Waals surface area contributed by atoms with Crippen LogP contribution in [0.1, 0.15) is 0 Å². The van der Waals surface area contributed by atoms with Crippen LogP contribution in [0.25, 0.3) is 11.4 Å². The predicted molar refractivity (Wildman–Crippen MR) is 70.1 cm³/mol. The summed E-state index contributed by atoms with van der Waals surface area (Å²) in [6.07, 6.45) is 0. The summed E-state index contributed by atoms with van der Waals surface area (Å²) in [5.41, 5.74) is 6.31. The summed E-state index contributed by atoms with van der Waals surface area (Å²) in [5.74, 6) is 0.543. The van der Waals surface area contributed by atoms with E-state index in [1.165, 1.54) is 0 Å². The molecule has 2 N–H and O–H groups in total. The minimum absolute atomic E-state index is 0.0809. The van der Waals surface area contributed by atoms with Gasteiger partial charge in [-0.15, -0.1) is 0 Å². The average molecular weight is 364 g/mol. The Hall–Kier alpha value is -0.720. The second-order valence-electron chi connectivity index (χ2n) is 2.91. The van der Waals surface area contributed by atoms with Crippen LogP contribution in [0.2, 0.25) is 5.28 Å². The second kappa shape index (κ2) is 4.65. The van der Waals surface area contributed by atoms with Crippen molar-refractivity contribution in [3.05, 3.63) is 32.4 Å². The summed E-state index contributed by atoms with van der Waals surface area (Å²) < 4.78 is 1.81. The highest BCUT2D eigenvalue weighted by Gasteiger charge is 2.09. The van der Waals surface area contributed by atoms with Gasteiger partial charge in [-0.1, -0.05) is 15.9 Å². The Morgan fingerprint density at radius 3 is 2.50 bits per heavy atom. The molecule has 2 aromatic rings. The van der Waals surface area contributed by atoms with E-state index >= 15 is 0 Å². The SMILES string of the molecule is Nc1nc(Cl)nc(-c2ccc(Br)cc2Br)n1. The number of nitrogens with two attached hydrogens (primary N) is 1. The van der Waals surface area contributed by atoms with E-state index in [2.05, 4.69) is 46.8 Å². The quantitative estimate of drug-likeness (QED) is 0.843. The van der Waals surface area contributed by atoms with E-state index in [-0.39, 0.29) is 11.2 Å². The Bertz CT molecular complexity index is 527. The number of anilines is 1. The van der Waals surface area contributed by atoms with Crippen molar-refractivity contribution >= 4 is 49.4 Å². The second-order valence-corrected chi connectivity index (χ2v) is 5.02. The van der Waals surface area contributed by atoms with Crippen molar-refractivity contribution in [2.75, 3.05) is 5.73 Å². The molecular formula is C9H5Br2ClN4. The first-order valence-electron chi connectivity index (χ1n) is 4.19. The number of aromatic nitrogens is 3. The normalized spacial score (nSPS) is 10.4. The maximum absolute atomic E-state index is 5.72. The number of nitrogen functional groups attached to an aromatic ring is 1. The maximum atomic E-state index is 5.72. The lowest BCUT2D eigenvalue weighted by atomic mass is 10.2. The Kier molecular flexibility index (Phi) is 3.41. The van der Waals surface area contributed by atoms with Crippen LogP contribution in [0.15, 0.2) is 27.1 Å². The van der Waals surface area contributed by atoms with E-state index in [1.807, 2.05) is 18.2 Å². The van der Waals surface area contributed by atoms with Crippen LogP contribution in [0.5, 0.6) is 0 Å². The molecule has 2 rings (SSSR count). The third kappa shape index (κ3) is 2.50. The van der Waals surface area contributed by atoms with E-state index in [1.54, 1.807) is 0 Å². The van der Waals surface area contributed by atoms with Crippen LogP contribution in [-0.2, 0) is 0 Å². The highest BCUT2D eigenvalue weighted by Crippen LogP contribution is 2.29. The van der Waals surface area contributed by atoms with Gasteiger partial charge in [0, 0.05) is 14.5 Å². The van der Waals surface area contributed by atoms with E-state index in [0.717, 1.165) is 14.5 Å². The molecule has 0 fully saturated rings. The molecule has 0 atom stereocenters. The van der Waals surface area contributed by atoms with E-state index in [0.29, 0.717) is 5.82 Å². The topological polar surface area (TPSA) is 64.7 Å². The Labute approximate surface area is 114 Å². The molecule has 0 unspecified atom stereocenters. The highest BCUT2D eigenvalue weighted by molar-refractivity contribution is 9.11. The molecular weight excluding hydrogens is 359 g/mol. The highest BCUT2D eigenvalue weighted by atomic mass is 79.9. The van der Waals surface area contributed by atoms with Crippen molar-refractivity contribution in [1.29, 1.82) is 0 Å². The van der Waals surface area contributed by atoms with Crippen LogP contribution in [-0.4, -0.2) is 15.0 Å². The van der Waals surface area contributed by atoms with Crippen molar-refractivity contribution in [3.8, 4) is 11.4 Å². The van der Waals surface area contributed by atoms with Crippen LogP contribution in [0.4, 0.5) is 5.95 Å². The zero-order valence-corrected chi connectivity index (χ0v) is 11.7. The monoisotopic (exact) mass is 362 g/mol. The zero-order valence-electron chi connectivity index (χ0n) is 7.78. The van der Waals surface area contributed by atoms with Crippen molar-refractivity contribution in [3.63, 3.8) is 0 Å². The van der Waals surface area contributed by atoms with Gasteiger partial charge < -0.3 is 5.73 Å². The Morgan fingerprint density at radius 1 is 1.12 bits per heavy atom. The van der Waals surface area contributed by atoms with Crippen molar-refractivity contribution in [2.24, 2.45) is 0 Å². The molecule has 0 spiro atoms. The van der Waals surface area contributed by atoms with Crippen molar-refractivity contribution in [1.82, 2.24) is 15.0 Å². The molecule has 0 bridgehead atoms. The fourth-order valence-corrected chi connectivity index (χ4v) is 2.55. The van der Waals surface area contributed by atoms with Crippen molar-refractivity contribution in [2.45, 2.75) is 0 Å². The molecule has 1 heterocycles. The van der Waals surface area contributed by atoms with Crippen molar-refractivity contribution < 1.29 is 0 Å². The molecule has 0 amide bonds. The van der Waals surface area contributed by atoms with Gasteiger partial charge in [0.1, 0.15) is 0 Å². The summed E-state index contributed by atoms with van der Waals surface area (Å²) in [7, 11) is 0. The first kappa shape index (κ1) is 11.8. The maximum Gasteiger partial charge on any atom is 0.227 e. The summed E-state index contributed by atoms with van der Waals surface area (Å²) in [5, 5.41) is 0.0809. The summed E-state index contributed by atoms with van der Waals surface area (Å²) in [6.45, 7) is 0. The molecule has 4 nitrogen and oxygen atoms in total. The summed E-state index contributed by atoms with van der Waals surface area (Å²) in [6, 6.07) is 5.64. The van der Waals surface area contributed by atoms with Crippen LogP contribution < -0.4 is 5.73 Å². The average Bonchev–Trinajstić information content (AvgIpc) is 2.15. The van der Waals surface area contributed by atoms with Gasteiger partial charge in [-0.25, -0.2) is 0 Å². The molecule has 0 saturated carbocycles. The van der Waals surface area contributed by atoms with Gasteiger partial charge in [0.25, 0.3) is 0 Å². The summed E-state index contributed by atoms with van der Waals surface area (Å²) in [4.78, 5) is 11.7. The standard InChI is InChI=1S/C9H5Br2ClN4/c10-4-1-2-5(6(11)3-4)7-14-8(12)16-9(13)15-7/h1-3H,(H2,13,14,15,16). The molecule has 0 aliphatic rings. The zero-order chi connectivity index (χ0) is 11.7. The number of rotatable bonds is 1. The number of hydrogen-bond donors (Lipinski definition) is 1. The molecule has 0 aliphatic heterocycles. The lowest BCUT2D eigenvalue weighted by Gasteiger charge is -2.04. The lowest BCUT2D eigenvalue weighted by molar-refractivity contribution is 1.07. The molecule has 0 saturated heterocycles. The van der Waals surface area contributed by atoms with Crippen LogP contribution in [0.3, 0.4) is 0 Å². The molecule has 82 valence electrons. The van der Waals surface area contributed by atoms with E-state index in [4.69, 9.17) is 17.3 Å². The van der Waals surface area contributed by atoms with Gasteiger partial charge in [-0.3, -0.25) is 0 Å². The van der Waals surface area contributed by atoms with Gasteiger partial charge in [-0.2, -0.15) is 15.0 Å². The lowest BCUT2D eigenvalue weighted by Crippen LogP contribution is -2.00. The summed E-state index contributed by atoms with van der Waals surface area (Å²) >= 11 is 12.5. The third-order valence-electron chi connectivity index (χ3n) is 1.80. The minimum atomic E-state index is 0.0809. The van der Waals surface area contributed by atoms with Crippen LogP contribution in [0, 0.1) is 0 Å². The predicted octanol–water partition coefficient (Wildman–Crippen LogP) is 3.30. The number of hydrogen-bond acceptors (Lipinski definition) is 4. The number of benzene rings is 1. The van der Waals surface area contributed by atoms with Gasteiger partial charge in [-0.05, 0) is 45.7 Å². The van der Waals surface area contributed by atoms with Gasteiger partial charge in [0.2, 0.25) is 11.2 Å². The number of nitrogens with zero attached hydrogens (tertiary/aromatic N) is 3. The van der Waals surface area contributed by atoms with E-state index < -0.39 is 0 Å². The smallest absolute Gasteiger partial charge is 0.227 e. The van der Waals surface area contributed by atoms with E-state index in [9.17, 15) is 0 Å². The molecule has 16 heavy (non-hydrogen) atoms. The molecule has 0 aliphatic carbocycles. The van der Waals surface area contributed by atoms with Gasteiger partial charge in [0.05, 0.1) is 0 Å². The minimum Gasteiger partial charge on any atom is -0.368 e. The molecule has 7 heteroatoms. The van der Waals surface area contributed by atoms with Gasteiger partial charge in [0.15, 0.2) is 5.82 Å². The first-order chi connectivity index (χ1) is 7.56. The fourth-order valence-electron chi connectivity index (χ4n) is 1.16. The molecule has 0 radical (unpaired) electrons. The molecule has 1 aromatic carbocycles. The third-order valence-corrected chi connectivity index (χ3v) is 3.12. The fraction of sp³-hybridized carbons (Fsp3) is 0. The Balaban J connectivity index is 2.58. The van der Waals surface area contributed by atoms with Gasteiger partial charge >= 0.3 is 0 Å². The Morgan fingerprint density at radius 2 is 1.88 bits per heavy atom. The number of halogens is 3.